The second-order valence-corrected chi connectivity index (χ2v) is 4.35. The maximum atomic E-state index is 6.31. The zero-order valence-electron chi connectivity index (χ0n) is 9.63. The van der Waals surface area contributed by atoms with E-state index in [0.29, 0.717) is 0 Å². The van der Waals surface area contributed by atoms with Crippen LogP contribution in [0.4, 0.5) is 0 Å². The minimum Gasteiger partial charge on any atom is -0.0837 e. The Morgan fingerprint density at radius 3 is 2.44 bits per heavy atom. The Kier molecular flexibility index (Phi) is 3.31. The van der Waals surface area contributed by atoms with Crippen LogP contribution >= 0.6 is 11.6 Å². The van der Waals surface area contributed by atoms with Crippen LogP contribution in [0.2, 0.25) is 5.02 Å². The van der Waals surface area contributed by atoms with Gasteiger partial charge in [-0.1, -0.05) is 54.9 Å². The molecule has 2 rings (SSSR count). The first-order valence-electron chi connectivity index (χ1n) is 5.57. The molecular formula is C15H15Cl. The number of halogens is 1. The molecule has 2 aromatic carbocycles. The van der Waals surface area contributed by atoms with Gasteiger partial charge >= 0.3 is 0 Å². The fourth-order valence-electron chi connectivity index (χ4n) is 2.02. The highest BCUT2D eigenvalue weighted by Gasteiger charge is 2.09. The maximum absolute atomic E-state index is 6.31. The molecule has 82 valence electrons. The van der Waals surface area contributed by atoms with E-state index in [1.807, 2.05) is 12.1 Å². The van der Waals surface area contributed by atoms with Crippen molar-refractivity contribution in [3.63, 3.8) is 0 Å². The molecule has 0 heterocycles. The van der Waals surface area contributed by atoms with Gasteiger partial charge in [0.25, 0.3) is 0 Å². The van der Waals surface area contributed by atoms with Crippen LogP contribution in [0.15, 0.2) is 42.5 Å². The van der Waals surface area contributed by atoms with Crippen molar-refractivity contribution in [2.75, 3.05) is 0 Å². The molecule has 0 bridgehead atoms. The van der Waals surface area contributed by atoms with E-state index in [0.717, 1.165) is 11.4 Å². The van der Waals surface area contributed by atoms with Crippen LogP contribution in [0, 0.1) is 6.92 Å². The fraction of sp³-hybridized carbons (Fsp3) is 0.200. The van der Waals surface area contributed by atoms with Crippen molar-refractivity contribution < 1.29 is 0 Å². The van der Waals surface area contributed by atoms with Gasteiger partial charge in [0.1, 0.15) is 0 Å². The average Bonchev–Trinajstić information content (AvgIpc) is 2.30. The summed E-state index contributed by atoms with van der Waals surface area (Å²) in [6.45, 7) is 4.28. The highest BCUT2D eigenvalue weighted by molar-refractivity contribution is 6.33. The molecule has 0 amide bonds. The van der Waals surface area contributed by atoms with Crippen molar-refractivity contribution in [2.24, 2.45) is 0 Å². The molecule has 0 saturated carbocycles. The van der Waals surface area contributed by atoms with Crippen LogP contribution in [0.3, 0.4) is 0 Å². The Bertz CT molecular complexity index is 501. The van der Waals surface area contributed by atoms with Gasteiger partial charge in [0.15, 0.2) is 0 Å². The second-order valence-electron chi connectivity index (χ2n) is 3.94. The van der Waals surface area contributed by atoms with Gasteiger partial charge in [0.2, 0.25) is 0 Å². The average molecular weight is 231 g/mol. The summed E-state index contributed by atoms with van der Waals surface area (Å²) in [5.74, 6) is 0. The number of hydrogen-bond acceptors (Lipinski definition) is 0. The molecule has 0 aliphatic rings. The number of rotatable bonds is 2. The number of hydrogen-bond donors (Lipinski definition) is 0. The number of benzene rings is 2. The van der Waals surface area contributed by atoms with Crippen molar-refractivity contribution in [1.29, 1.82) is 0 Å². The third kappa shape index (κ3) is 1.98. The zero-order chi connectivity index (χ0) is 11.5. The van der Waals surface area contributed by atoms with E-state index in [4.69, 9.17) is 11.6 Å². The van der Waals surface area contributed by atoms with Crippen LogP contribution in [0.1, 0.15) is 18.1 Å². The Morgan fingerprint density at radius 1 is 1.00 bits per heavy atom. The fourth-order valence-corrected chi connectivity index (χ4v) is 2.31. The summed E-state index contributed by atoms with van der Waals surface area (Å²) in [7, 11) is 0. The summed E-state index contributed by atoms with van der Waals surface area (Å²) >= 11 is 6.31. The minimum atomic E-state index is 0.841. The van der Waals surface area contributed by atoms with Gasteiger partial charge in [-0.05, 0) is 36.1 Å². The van der Waals surface area contributed by atoms with E-state index in [1.165, 1.54) is 22.3 Å². The van der Waals surface area contributed by atoms with Gasteiger partial charge in [-0.25, -0.2) is 0 Å². The van der Waals surface area contributed by atoms with Gasteiger partial charge in [-0.15, -0.1) is 0 Å². The van der Waals surface area contributed by atoms with Crippen LogP contribution in [0.5, 0.6) is 0 Å². The van der Waals surface area contributed by atoms with E-state index >= 15 is 0 Å². The quantitative estimate of drug-likeness (QED) is 0.690. The summed E-state index contributed by atoms with van der Waals surface area (Å²) in [4.78, 5) is 0. The SMILES string of the molecule is CCc1cccc(Cl)c1-c1ccccc1C. The third-order valence-corrected chi connectivity index (χ3v) is 3.21. The van der Waals surface area contributed by atoms with E-state index in [-0.39, 0.29) is 0 Å². The summed E-state index contributed by atoms with van der Waals surface area (Å²) in [5, 5.41) is 0.841. The van der Waals surface area contributed by atoms with Crippen molar-refractivity contribution in [3.05, 3.63) is 58.6 Å². The molecule has 0 fully saturated rings. The monoisotopic (exact) mass is 230 g/mol. The molecule has 0 spiro atoms. The third-order valence-electron chi connectivity index (χ3n) is 2.90. The molecule has 16 heavy (non-hydrogen) atoms. The largest absolute Gasteiger partial charge is 0.0837 e. The van der Waals surface area contributed by atoms with Gasteiger partial charge in [-0.2, -0.15) is 0 Å². The van der Waals surface area contributed by atoms with Gasteiger partial charge in [0, 0.05) is 10.6 Å². The molecule has 0 nitrogen and oxygen atoms in total. The smallest absolute Gasteiger partial charge is 0.0487 e. The standard InChI is InChI=1S/C15H15Cl/c1-3-12-8-6-10-14(16)15(12)13-9-5-4-7-11(13)2/h4-10H,3H2,1-2H3. The lowest BCUT2D eigenvalue weighted by atomic mass is 9.95. The lowest BCUT2D eigenvalue weighted by Crippen LogP contribution is -1.90. The zero-order valence-corrected chi connectivity index (χ0v) is 10.4. The summed E-state index contributed by atoms with van der Waals surface area (Å²) in [5.41, 5.74) is 5.00. The van der Waals surface area contributed by atoms with Crippen molar-refractivity contribution in [2.45, 2.75) is 20.3 Å². The minimum absolute atomic E-state index is 0.841. The van der Waals surface area contributed by atoms with Crippen LogP contribution in [-0.2, 0) is 6.42 Å². The van der Waals surface area contributed by atoms with Crippen molar-refractivity contribution in [1.82, 2.24) is 0 Å². The summed E-state index contributed by atoms with van der Waals surface area (Å²) in [6.07, 6.45) is 1.00. The molecule has 0 N–H and O–H groups in total. The molecule has 0 atom stereocenters. The summed E-state index contributed by atoms with van der Waals surface area (Å²) in [6, 6.07) is 14.5. The molecule has 0 radical (unpaired) electrons. The van der Waals surface area contributed by atoms with E-state index in [2.05, 4.69) is 44.2 Å². The highest BCUT2D eigenvalue weighted by Crippen LogP contribution is 2.33. The molecule has 0 aliphatic heterocycles. The van der Waals surface area contributed by atoms with Gasteiger partial charge in [0.05, 0.1) is 0 Å². The van der Waals surface area contributed by atoms with Gasteiger partial charge in [-0.3, -0.25) is 0 Å². The number of aryl methyl sites for hydroxylation is 2. The summed E-state index contributed by atoms with van der Waals surface area (Å²) < 4.78 is 0. The molecule has 1 heteroatoms. The first-order valence-corrected chi connectivity index (χ1v) is 5.95. The van der Waals surface area contributed by atoms with Crippen LogP contribution < -0.4 is 0 Å². The van der Waals surface area contributed by atoms with E-state index in [9.17, 15) is 0 Å². The van der Waals surface area contributed by atoms with E-state index in [1.54, 1.807) is 0 Å². The lowest BCUT2D eigenvalue weighted by molar-refractivity contribution is 1.14. The Morgan fingerprint density at radius 2 is 1.75 bits per heavy atom. The Labute approximate surface area is 102 Å². The molecule has 0 aliphatic carbocycles. The second kappa shape index (κ2) is 4.71. The first kappa shape index (κ1) is 11.2. The molecule has 2 aromatic rings. The van der Waals surface area contributed by atoms with Crippen molar-refractivity contribution >= 4 is 11.6 Å². The lowest BCUT2D eigenvalue weighted by Gasteiger charge is -2.12. The van der Waals surface area contributed by atoms with Crippen LogP contribution in [-0.4, -0.2) is 0 Å². The predicted octanol–water partition coefficient (Wildman–Crippen LogP) is 4.88. The predicted molar refractivity (Wildman–Crippen MR) is 71.0 cm³/mol. The topological polar surface area (TPSA) is 0 Å². The maximum Gasteiger partial charge on any atom is 0.0487 e. The molecule has 0 unspecified atom stereocenters. The Balaban J connectivity index is 2.68. The highest BCUT2D eigenvalue weighted by atomic mass is 35.5. The molecule has 0 aromatic heterocycles. The van der Waals surface area contributed by atoms with Gasteiger partial charge < -0.3 is 0 Å². The molecular weight excluding hydrogens is 216 g/mol. The Hall–Kier alpha value is -1.27. The van der Waals surface area contributed by atoms with Crippen molar-refractivity contribution in [3.8, 4) is 11.1 Å². The molecule has 0 saturated heterocycles. The normalized spacial score (nSPS) is 10.4. The van der Waals surface area contributed by atoms with E-state index < -0.39 is 0 Å². The van der Waals surface area contributed by atoms with Crippen LogP contribution in [0.25, 0.3) is 11.1 Å². The first-order chi connectivity index (χ1) is 7.74.